The Labute approximate surface area is 107 Å². The predicted molar refractivity (Wildman–Crippen MR) is 66.8 cm³/mol. The van der Waals surface area contributed by atoms with Gasteiger partial charge in [0.15, 0.2) is 0 Å². The summed E-state index contributed by atoms with van der Waals surface area (Å²) < 4.78 is 0. The third-order valence-corrected chi connectivity index (χ3v) is 3.34. The SMILES string of the molecule is Cc1nc(O)c(Sc2ccc(Cl)cc2)c(=O)[nH]1. The van der Waals surface area contributed by atoms with Gasteiger partial charge in [0.05, 0.1) is 0 Å². The highest BCUT2D eigenvalue weighted by atomic mass is 35.5. The number of aromatic nitrogens is 2. The summed E-state index contributed by atoms with van der Waals surface area (Å²) in [5.74, 6) is 0.124. The van der Waals surface area contributed by atoms with Gasteiger partial charge >= 0.3 is 0 Å². The van der Waals surface area contributed by atoms with Gasteiger partial charge < -0.3 is 10.1 Å². The second kappa shape index (κ2) is 4.81. The van der Waals surface area contributed by atoms with E-state index in [1.54, 1.807) is 31.2 Å². The molecule has 0 fully saturated rings. The van der Waals surface area contributed by atoms with Crippen molar-refractivity contribution in [1.82, 2.24) is 9.97 Å². The fourth-order valence-corrected chi connectivity index (χ4v) is 2.19. The zero-order chi connectivity index (χ0) is 12.4. The van der Waals surface area contributed by atoms with Crippen molar-refractivity contribution in [3.8, 4) is 5.88 Å². The lowest BCUT2D eigenvalue weighted by Crippen LogP contribution is -2.11. The van der Waals surface area contributed by atoms with Crippen molar-refractivity contribution >= 4 is 23.4 Å². The van der Waals surface area contributed by atoms with Crippen LogP contribution in [0.15, 0.2) is 38.9 Å². The number of hydrogen-bond acceptors (Lipinski definition) is 4. The number of aryl methyl sites for hydroxylation is 1. The normalized spacial score (nSPS) is 10.5. The van der Waals surface area contributed by atoms with Crippen LogP contribution in [0, 0.1) is 6.92 Å². The van der Waals surface area contributed by atoms with Crippen LogP contribution in [-0.2, 0) is 0 Å². The van der Waals surface area contributed by atoms with Crippen molar-refractivity contribution in [1.29, 1.82) is 0 Å². The molecule has 88 valence electrons. The summed E-state index contributed by atoms with van der Waals surface area (Å²) >= 11 is 6.90. The first-order chi connectivity index (χ1) is 8.06. The van der Waals surface area contributed by atoms with E-state index in [1.165, 1.54) is 0 Å². The topological polar surface area (TPSA) is 66.0 Å². The van der Waals surface area contributed by atoms with Crippen molar-refractivity contribution < 1.29 is 5.11 Å². The summed E-state index contributed by atoms with van der Waals surface area (Å²) in [6, 6.07) is 6.98. The van der Waals surface area contributed by atoms with Crippen LogP contribution in [0.3, 0.4) is 0 Å². The van der Waals surface area contributed by atoms with E-state index in [9.17, 15) is 9.90 Å². The Morgan fingerprint density at radius 1 is 1.35 bits per heavy atom. The third-order valence-electron chi connectivity index (χ3n) is 2.01. The Kier molecular flexibility index (Phi) is 3.40. The molecular formula is C11H9ClN2O2S. The smallest absolute Gasteiger partial charge is 0.268 e. The van der Waals surface area contributed by atoms with Crippen molar-refractivity contribution in [2.24, 2.45) is 0 Å². The molecular weight excluding hydrogens is 260 g/mol. The number of H-pyrrole nitrogens is 1. The predicted octanol–water partition coefficient (Wildman–Crippen LogP) is 2.59. The number of hydrogen-bond donors (Lipinski definition) is 2. The minimum absolute atomic E-state index is 0.179. The van der Waals surface area contributed by atoms with Gasteiger partial charge in [0.1, 0.15) is 10.7 Å². The van der Waals surface area contributed by atoms with Crippen molar-refractivity contribution in [3.63, 3.8) is 0 Å². The Bertz CT molecular complexity index is 595. The van der Waals surface area contributed by atoms with E-state index in [1.807, 2.05) is 0 Å². The van der Waals surface area contributed by atoms with Crippen molar-refractivity contribution in [3.05, 3.63) is 45.5 Å². The van der Waals surface area contributed by atoms with E-state index in [0.717, 1.165) is 16.7 Å². The lowest BCUT2D eigenvalue weighted by Gasteiger charge is -2.03. The van der Waals surface area contributed by atoms with Crippen molar-refractivity contribution in [2.75, 3.05) is 0 Å². The highest BCUT2D eigenvalue weighted by Crippen LogP contribution is 2.30. The number of aromatic amines is 1. The first-order valence-corrected chi connectivity index (χ1v) is 5.99. The molecule has 1 aromatic heterocycles. The minimum atomic E-state index is -0.352. The monoisotopic (exact) mass is 268 g/mol. The van der Waals surface area contributed by atoms with Crippen LogP contribution in [0.1, 0.15) is 5.82 Å². The number of nitrogens with zero attached hydrogens (tertiary/aromatic N) is 1. The van der Waals surface area contributed by atoms with Gasteiger partial charge in [0, 0.05) is 9.92 Å². The number of nitrogens with one attached hydrogen (secondary N) is 1. The fraction of sp³-hybridized carbons (Fsp3) is 0.0909. The van der Waals surface area contributed by atoms with Gasteiger partial charge in [-0.15, -0.1) is 0 Å². The Morgan fingerprint density at radius 2 is 2.00 bits per heavy atom. The van der Waals surface area contributed by atoms with Crippen LogP contribution < -0.4 is 5.56 Å². The molecule has 6 heteroatoms. The molecule has 2 N–H and O–H groups in total. The molecule has 0 aliphatic rings. The van der Waals surface area contributed by atoms with Crippen LogP contribution >= 0.6 is 23.4 Å². The van der Waals surface area contributed by atoms with E-state index in [-0.39, 0.29) is 16.3 Å². The highest BCUT2D eigenvalue weighted by Gasteiger charge is 2.10. The fourth-order valence-electron chi connectivity index (χ4n) is 1.27. The van der Waals surface area contributed by atoms with E-state index < -0.39 is 0 Å². The van der Waals surface area contributed by atoms with E-state index in [4.69, 9.17) is 11.6 Å². The van der Waals surface area contributed by atoms with Gasteiger partial charge in [-0.05, 0) is 31.2 Å². The summed E-state index contributed by atoms with van der Waals surface area (Å²) in [5.41, 5.74) is -0.352. The lowest BCUT2D eigenvalue weighted by atomic mass is 10.4. The number of aromatic hydroxyl groups is 1. The summed E-state index contributed by atoms with van der Waals surface area (Å²) in [7, 11) is 0. The maximum absolute atomic E-state index is 11.6. The maximum Gasteiger partial charge on any atom is 0.268 e. The molecule has 0 amide bonds. The largest absolute Gasteiger partial charge is 0.492 e. The lowest BCUT2D eigenvalue weighted by molar-refractivity contribution is 0.433. The molecule has 2 rings (SSSR count). The molecule has 17 heavy (non-hydrogen) atoms. The van der Waals surface area contributed by atoms with Crippen LogP contribution in [0.2, 0.25) is 5.02 Å². The van der Waals surface area contributed by atoms with E-state index in [0.29, 0.717) is 10.8 Å². The van der Waals surface area contributed by atoms with Gasteiger partial charge in [-0.1, -0.05) is 23.4 Å². The Balaban J connectivity index is 2.36. The van der Waals surface area contributed by atoms with Crippen LogP contribution in [0.25, 0.3) is 0 Å². The summed E-state index contributed by atoms with van der Waals surface area (Å²) in [6.07, 6.45) is 0. The standard InChI is InChI=1S/C11H9ClN2O2S/c1-6-13-10(15)9(11(16)14-6)17-8-4-2-7(12)3-5-8/h2-5H,1H3,(H2,13,14,15,16). The summed E-state index contributed by atoms with van der Waals surface area (Å²) in [6.45, 7) is 1.61. The number of halogens is 1. The average molecular weight is 269 g/mol. The number of benzene rings is 1. The molecule has 0 saturated carbocycles. The van der Waals surface area contributed by atoms with Gasteiger partial charge in [-0.2, -0.15) is 4.98 Å². The Morgan fingerprint density at radius 3 is 2.59 bits per heavy atom. The summed E-state index contributed by atoms with van der Waals surface area (Å²) in [4.78, 5) is 19.0. The number of rotatable bonds is 2. The first kappa shape index (κ1) is 12.0. The van der Waals surface area contributed by atoms with Gasteiger partial charge in [0.25, 0.3) is 5.56 Å². The van der Waals surface area contributed by atoms with E-state index >= 15 is 0 Å². The quantitative estimate of drug-likeness (QED) is 0.879. The zero-order valence-corrected chi connectivity index (χ0v) is 10.5. The maximum atomic E-state index is 11.6. The zero-order valence-electron chi connectivity index (χ0n) is 8.90. The van der Waals surface area contributed by atoms with Crippen LogP contribution in [0.4, 0.5) is 0 Å². The molecule has 0 unspecified atom stereocenters. The van der Waals surface area contributed by atoms with Crippen LogP contribution in [-0.4, -0.2) is 15.1 Å². The molecule has 1 aromatic carbocycles. The second-order valence-corrected chi connectivity index (χ2v) is 4.88. The molecule has 0 saturated heterocycles. The Hall–Kier alpha value is -1.46. The average Bonchev–Trinajstić information content (AvgIpc) is 2.26. The molecule has 1 heterocycles. The summed E-state index contributed by atoms with van der Waals surface area (Å²) in [5, 5.41) is 10.2. The molecule has 0 atom stereocenters. The van der Waals surface area contributed by atoms with Crippen molar-refractivity contribution in [2.45, 2.75) is 16.7 Å². The van der Waals surface area contributed by atoms with Gasteiger partial charge in [0.2, 0.25) is 5.88 Å². The molecule has 4 nitrogen and oxygen atoms in total. The first-order valence-electron chi connectivity index (χ1n) is 4.79. The minimum Gasteiger partial charge on any atom is -0.492 e. The third kappa shape index (κ3) is 2.81. The molecule has 0 bridgehead atoms. The highest BCUT2D eigenvalue weighted by molar-refractivity contribution is 7.99. The molecule has 0 aliphatic heterocycles. The van der Waals surface area contributed by atoms with E-state index in [2.05, 4.69) is 9.97 Å². The van der Waals surface area contributed by atoms with Crippen LogP contribution in [0.5, 0.6) is 5.88 Å². The second-order valence-electron chi connectivity index (χ2n) is 3.36. The van der Waals surface area contributed by atoms with Gasteiger partial charge in [-0.3, -0.25) is 4.79 Å². The molecule has 0 spiro atoms. The van der Waals surface area contributed by atoms with Gasteiger partial charge in [-0.25, -0.2) is 0 Å². The molecule has 0 aliphatic carbocycles. The molecule has 0 radical (unpaired) electrons. The molecule has 2 aromatic rings.